The van der Waals surface area contributed by atoms with Crippen molar-refractivity contribution in [3.05, 3.63) is 60.1 Å². The number of carbonyl (C=O) groups excluding carboxylic acids is 2. The Morgan fingerprint density at radius 1 is 1.26 bits per heavy atom. The molecule has 2 N–H and O–H groups in total. The number of likely N-dealkylation sites (tertiary alicyclic amines) is 1. The van der Waals surface area contributed by atoms with Crippen LogP contribution in [-0.2, 0) is 22.7 Å². The van der Waals surface area contributed by atoms with E-state index in [1.165, 1.54) is 0 Å². The number of amides is 2. The molecule has 2 amide bonds. The van der Waals surface area contributed by atoms with Crippen LogP contribution in [0.15, 0.2) is 53.1 Å². The van der Waals surface area contributed by atoms with Crippen molar-refractivity contribution in [2.24, 2.45) is 5.41 Å². The number of piperidine rings is 2. The summed E-state index contributed by atoms with van der Waals surface area (Å²) in [6.45, 7) is 2.64. The second-order valence-electron chi connectivity index (χ2n) is 7.52. The van der Waals surface area contributed by atoms with Crippen molar-refractivity contribution in [3.63, 3.8) is 0 Å². The van der Waals surface area contributed by atoms with Gasteiger partial charge in [0, 0.05) is 32.1 Å². The molecule has 142 valence electrons. The van der Waals surface area contributed by atoms with Crippen LogP contribution in [0.1, 0.15) is 30.6 Å². The van der Waals surface area contributed by atoms with Crippen molar-refractivity contribution in [2.75, 3.05) is 13.1 Å². The number of nitrogens with one attached hydrogen (secondary N) is 2. The third-order valence-electron chi connectivity index (χ3n) is 5.75. The standard InChI is InChI=1S/C21H25N3O3/c25-19-8-10-21(20(26)22-13-16-5-2-1-3-6-16)15-24(11-9-18(21)23-19)14-17-7-4-12-27-17/h1-7,12,18H,8-11,13-15H2,(H,22,26)(H,23,25)/t18-,21+/m1/s1. The highest BCUT2D eigenvalue weighted by Crippen LogP contribution is 2.38. The molecule has 2 saturated heterocycles. The van der Waals surface area contributed by atoms with E-state index in [-0.39, 0.29) is 17.9 Å². The molecule has 2 fully saturated rings. The van der Waals surface area contributed by atoms with Crippen LogP contribution < -0.4 is 10.6 Å². The molecule has 4 rings (SSSR count). The van der Waals surface area contributed by atoms with Gasteiger partial charge in [-0.05, 0) is 30.5 Å². The molecular weight excluding hydrogens is 342 g/mol. The Kier molecular flexibility index (Phi) is 4.99. The molecule has 0 bridgehead atoms. The summed E-state index contributed by atoms with van der Waals surface area (Å²) in [5, 5.41) is 6.18. The maximum absolute atomic E-state index is 13.3. The molecular formula is C21H25N3O3. The van der Waals surface area contributed by atoms with Crippen molar-refractivity contribution in [2.45, 2.75) is 38.4 Å². The molecule has 0 spiro atoms. The van der Waals surface area contributed by atoms with E-state index in [2.05, 4.69) is 15.5 Å². The topological polar surface area (TPSA) is 74.6 Å². The first kappa shape index (κ1) is 17.8. The molecule has 3 heterocycles. The van der Waals surface area contributed by atoms with Gasteiger partial charge < -0.3 is 15.1 Å². The lowest BCUT2D eigenvalue weighted by Crippen LogP contribution is -2.66. The summed E-state index contributed by atoms with van der Waals surface area (Å²) in [6.07, 6.45) is 3.42. The van der Waals surface area contributed by atoms with Crippen LogP contribution in [0.3, 0.4) is 0 Å². The van der Waals surface area contributed by atoms with Crippen LogP contribution in [0, 0.1) is 5.41 Å². The Bertz CT molecular complexity index is 790. The van der Waals surface area contributed by atoms with Gasteiger partial charge in [0.25, 0.3) is 0 Å². The van der Waals surface area contributed by atoms with Gasteiger partial charge in [-0.1, -0.05) is 30.3 Å². The quantitative estimate of drug-likeness (QED) is 0.848. The van der Waals surface area contributed by atoms with Gasteiger partial charge in [-0.2, -0.15) is 0 Å². The molecule has 2 aliphatic heterocycles. The minimum absolute atomic E-state index is 0.0282. The molecule has 2 aromatic rings. The number of furan rings is 1. The van der Waals surface area contributed by atoms with E-state index in [0.29, 0.717) is 32.5 Å². The molecule has 6 heteroatoms. The van der Waals surface area contributed by atoms with Crippen molar-refractivity contribution in [3.8, 4) is 0 Å². The first-order valence-electron chi connectivity index (χ1n) is 9.52. The first-order valence-corrected chi connectivity index (χ1v) is 9.52. The number of hydrogen-bond acceptors (Lipinski definition) is 4. The average Bonchev–Trinajstić information content (AvgIpc) is 3.20. The van der Waals surface area contributed by atoms with E-state index in [4.69, 9.17) is 4.42 Å². The molecule has 27 heavy (non-hydrogen) atoms. The summed E-state index contributed by atoms with van der Waals surface area (Å²) in [7, 11) is 0. The van der Waals surface area contributed by atoms with Crippen molar-refractivity contribution < 1.29 is 14.0 Å². The summed E-state index contributed by atoms with van der Waals surface area (Å²) < 4.78 is 5.48. The molecule has 2 aliphatic rings. The Labute approximate surface area is 158 Å². The second kappa shape index (κ2) is 7.56. The predicted octanol–water partition coefficient (Wildman–Crippen LogP) is 2.07. The molecule has 0 aliphatic carbocycles. The van der Waals surface area contributed by atoms with Gasteiger partial charge in [-0.25, -0.2) is 0 Å². The van der Waals surface area contributed by atoms with E-state index in [1.807, 2.05) is 42.5 Å². The zero-order chi connectivity index (χ0) is 18.7. The smallest absolute Gasteiger partial charge is 0.229 e. The summed E-state index contributed by atoms with van der Waals surface area (Å²) in [5.41, 5.74) is 0.481. The minimum atomic E-state index is -0.590. The van der Waals surface area contributed by atoms with Crippen LogP contribution in [0.25, 0.3) is 0 Å². The molecule has 2 atom stereocenters. The van der Waals surface area contributed by atoms with Crippen LogP contribution in [-0.4, -0.2) is 35.8 Å². The Morgan fingerprint density at radius 3 is 2.89 bits per heavy atom. The number of rotatable bonds is 5. The number of fused-ring (bicyclic) bond motifs is 1. The Morgan fingerprint density at radius 2 is 2.11 bits per heavy atom. The zero-order valence-electron chi connectivity index (χ0n) is 15.3. The third kappa shape index (κ3) is 3.76. The maximum atomic E-state index is 13.3. The molecule has 1 aromatic heterocycles. The van der Waals surface area contributed by atoms with E-state index in [0.717, 1.165) is 24.3 Å². The molecule has 6 nitrogen and oxygen atoms in total. The van der Waals surface area contributed by atoms with Crippen molar-refractivity contribution in [1.29, 1.82) is 0 Å². The number of nitrogens with zero attached hydrogens (tertiary/aromatic N) is 1. The lowest BCUT2D eigenvalue weighted by Gasteiger charge is -2.49. The first-order chi connectivity index (χ1) is 13.2. The number of hydrogen-bond donors (Lipinski definition) is 2. The second-order valence-corrected chi connectivity index (χ2v) is 7.52. The van der Waals surface area contributed by atoms with Crippen molar-refractivity contribution in [1.82, 2.24) is 15.5 Å². The summed E-state index contributed by atoms with van der Waals surface area (Å²) >= 11 is 0. The summed E-state index contributed by atoms with van der Waals surface area (Å²) in [5.74, 6) is 0.972. The van der Waals surface area contributed by atoms with E-state index in [1.54, 1.807) is 6.26 Å². The van der Waals surface area contributed by atoms with Gasteiger partial charge in [0.2, 0.25) is 11.8 Å². The van der Waals surface area contributed by atoms with Crippen LogP contribution in [0.4, 0.5) is 0 Å². The average molecular weight is 367 g/mol. The normalized spacial score (nSPS) is 25.5. The van der Waals surface area contributed by atoms with E-state index in [9.17, 15) is 9.59 Å². The summed E-state index contributed by atoms with van der Waals surface area (Å²) in [4.78, 5) is 27.5. The fourth-order valence-corrected chi connectivity index (χ4v) is 4.30. The Hall–Kier alpha value is -2.60. The largest absolute Gasteiger partial charge is 0.468 e. The SMILES string of the molecule is O=C1CC[C@]2(C(=O)NCc3ccccc3)CN(Cc3ccco3)CC[C@H]2N1. The molecule has 0 radical (unpaired) electrons. The minimum Gasteiger partial charge on any atom is -0.468 e. The van der Waals surface area contributed by atoms with Gasteiger partial charge in [0.1, 0.15) is 5.76 Å². The summed E-state index contributed by atoms with van der Waals surface area (Å²) in [6, 6.07) is 13.6. The fraction of sp³-hybridized carbons (Fsp3) is 0.429. The third-order valence-corrected chi connectivity index (χ3v) is 5.75. The van der Waals surface area contributed by atoms with Crippen LogP contribution in [0.2, 0.25) is 0 Å². The predicted molar refractivity (Wildman–Crippen MR) is 100 cm³/mol. The van der Waals surface area contributed by atoms with E-state index < -0.39 is 5.41 Å². The van der Waals surface area contributed by atoms with Gasteiger partial charge in [0.15, 0.2) is 0 Å². The van der Waals surface area contributed by atoms with Gasteiger partial charge >= 0.3 is 0 Å². The highest BCUT2D eigenvalue weighted by Gasteiger charge is 2.51. The number of carbonyl (C=O) groups is 2. The maximum Gasteiger partial charge on any atom is 0.229 e. The molecule has 0 saturated carbocycles. The monoisotopic (exact) mass is 367 g/mol. The lowest BCUT2D eigenvalue weighted by atomic mass is 9.69. The van der Waals surface area contributed by atoms with E-state index >= 15 is 0 Å². The van der Waals surface area contributed by atoms with Gasteiger partial charge in [-0.15, -0.1) is 0 Å². The van der Waals surface area contributed by atoms with Crippen LogP contribution in [0.5, 0.6) is 0 Å². The van der Waals surface area contributed by atoms with Gasteiger partial charge in [-0.3, -0.25) is 14.5 Å². The zero-order valence-corrected chi connectivity index (χ0v) is 15.3. The molecule has 0 unspecified atom stereocenters. The van der Waals surface area contributed by atoms with Gasteiger partial charge in [0.05, 0.1) is 18.2 Å². The highest BCUT2D eigenvalue weighted by molar-refractivity contribution is 5.88. The lowest BCUT2D eigenvalue weighted by molar-refractivity contribution is -0.144. The van der Waals surface area contributed by atoms with Crippen molar-refractivity contribution >= 4 is 11.8 Å². The Balaban J connectivity index is 1.50. The number of benzene rings is 1. The van der Waals surface area contributed by atoms with Crippen LogP contribution >= 0.6 is 0 Å². The molecule has 1 aromatic carbocycles. The highest BCUT2D eigenvalue weighted by atomic mass is 16.3. The fourth-order valence-electron chi connectivity index (χ4n) is 4.30.